The van der Waals surface area contributed by atoms with E-state index in [1.807, 2.05) is 0 Å². The van der Waals surface area contributed by atoms with E-state index in [4.69, 9.17) is 10.8 Å². The van der Waals surface area contributed by atoms with Gasteiger partial charge in [-0.05, 0) is 12.8 Å². The van der Waals surface area contributed by atoms with Crippen LogP contribution in [0.15, 0.2) is 0 Å². The zero-order chi connectivity index (χ0) is 12.2. The minimum atomic E-state index is -1.02. The van der Waals surface area contributed by atoms with Crippen LogP contribution in [0.25, 0.3) is 0 Å². The lowest BCUT2D eigenvalue weighted by Crippen LogP contribution is -2.48. The largest absolute Gasteiger partial charge is 0.480 e. The first-order valence-electron chi connectivity index (χ1n) is 5.06. The molecule has 5 nitrogen and oxygen atoms in total. The van der Waals surface area contributed by atoms with Crippen molar-refractivity contribution in [2.24, 2.45) is 17.6 Å². The molecule has 0 aliphatic rings. The molecule has 2 unspecified atom stereocenters. The second-order valence-electron chi connectivity index (χ2n) is 4.22. The maximum atomic E-state index is 11.5. The molecule has 0 radical (unpaired) electrons. The lowest BCUT2D eigenvalue weighted by atomic mass is 10.0. The van der Waals surface area contributed by atoms with E-state index in [1.54, 1.807) is 27.7 Å². The van der Waals surface area contributed by atoms with E-state index in [2.05, 4.69) is 5.32 Å². The summed E-state index contributed by atoms with van der Waals surface area (Å²) < 4.78 is 0. The molecule has 0 spiro atoms. The molecule has 0 aromatic rings. The molecule has 0 fully saturated rings. The van der Waals surface area contributed by atoms with Crippen molar-refractivity contribution in [2.75, 3.05) is 0 Å². The van der Waals surface area contributed by atoms with Crippen LogP contribution in [0, 0.1) is 11.8 Å². The summed E-state index contributed by atoms with van der Waals surface area (Å²) in [7, 11) is 0. The molecule has 1 amide bonds. The van der Waals surface area contributed by atoms with Gasteiger partial charge in [0.2, 0.25) is 5.91 Å². The third-order valence-corrected chi connectivity index (χ3v) is 2.43. The van der Waals surface area contributed by atoms with Crippen LogP contribution in [-0.4, -0.2) is 29.1 Å². The van der Waals surface area contributed by atoms with Gasteiger partial charge in [-0.2, -0.15) is 0 Å². The lowest BCUT2D eigenvalue weighted by molar-refractivity contribution is -0.143. The van der Waals surface area contributed by atoms with Crippen molar-refractivity contribution in [3.8, 4) is 0 Å². The predicted octanol–water partition coefficient (Wildman–Crippen LogP) is 0.195. The summed E-state index contributed by atoms with van der Waals surface area (Å²) in [4.78, 5) is 22.4. The van der Waals surface area contributed by atoms with Gasteiger partial charge >= 0.3 is 5.97 Å². The minimum Gasteiger partial charge on any atom is -0.480 e. The highest BCUT2D eigenvalue weighted by Crippen LogP contribution is 2.05. The van der Waals surface area contributed by atoms with Crippen LogP contribution in [0.2, 0.25) is 0 Å². The molecular weight excluding hydrogens is 196 g/mol. The van der Waals surface area contributed by atoms with Gasteiger partial charge in [-0.3, -0.25) is 4.79 Å². The Balaban J connectivity index is 4.43. The first kappa shape index (κ1) is 13.9. The number of nitrogens with one attached hydrogen (secondary N) is 1. The van der Waals surface area contributed by atoms with Crippen molar-refractivity contribution in [2.45, 2.75) is 39.8 Å². The summed E-state index contributed by atoms with van der Waals surface area (Å²) in [5, 5.41) is 11.3. The van der Waals surface area contributed by atoms with Gasteiger partial charge in [0, 0.05) is 12.0 Å². The quantitative estimate of drug-likeness (QED) is 0.612. The summed E-state index contributed by atoms with van der Waals surface area (Å²) >= 11 is 0. The molecule has 3 atom stereocenters. The number of nitrogens with two attached hydrogens (primary N) is 1. The highest BCUT2D eigenvalue weighted by Gasteiger charge is 2.26. The van der Waals surface area contributed by atoms with Crippen LogP contribution in [0.4, 0.5) is 0 Å². The number of aliphatic carboxylic acids is 1. The van der Waals surface area contributed by atoms with Gasteiger partial charge < -0.3 is 16.2 Å². The Morgan fingerprint density at radius 3 is 1.93 bits per heavy atom. The van der Waals surface area contributed by atoms with Crippen LogP contribution in [-0.2, 0) is 9.59 Å². The number of amides is 1. The Morgan fingerprint density at radius 1 is 1.20 bits per heavy atom. The number of hydrogen-bond donors (Lipinski definition) is 3. The van der Waals surface area contributed by atoms with Gasteiger partial charge in [0.25, 0.3) is 0 Å². The van der Waals surface area contributed by atoms with Gasteiger partial charge in [-0.15, -0.1) is 0 Å². The molecule has 88 valence electrons. The maximum Gasteiger partial charge on any atom is 0.326 e. The standard InChI is InChI=1S/C10H20N2O3/c1-5(2)8(10(14)15)12-9(13)6(3)7(4)11/h5-8H,11H2,1-4H3,(H,12,13)(H,14,15)/t6?,7?,8-/m1/s1. The molecule has 0 bridgehead atoms. The molecule has 0 saturated heterocycles. The van der Waals surface area contributed by atoms with E-state index < -0.39 is 12.0 Å². The zero-order valence-electron chi connectivity index (χ0n) is 9.65. The molecule has 0 rings (SSSR count). The van der Waals surface area contributed by atoms with E-state index in [0.717, 1.165) is 0 Å². The molecule has 0 aromatic carbocycles. The SMILES string of the molecule is CC(N)C(C)C(=O)N[C@@H](C(=O)O)C(C)C. The van der Waals surface area contributed by atoms with Gasteiger partial charge in [0.1, 0.15) is 6.04 Å². The monoisotopic (exact) mass is 216 g/mol. The van der Waals surface area contributed by atoms with E-state index in [1.165, 1.54) is 0 Å². The third-order valence-electron chi connectivity index (χ3n) is 2.43. The van der Waals surface area contributed by atoms with Crippen molar-refractivity contribution in [3.05, 3.63) is 0 Å². The summed E-state index contributed by atoms with van der Waals surface area (Å²) in [5.41, 5.74) is 5.56. The van der Waals surface area contributed by atoms with Gasteiger partial charge in [-0.25, -0.2) is 4.79 Å². The van der Waals surface area contributed by atoms with Crippen molar-refractivity contribution < 1.29 is 14.7 Å². The minimum absolute atomic E-state index is 0.147. The second-order valence-corrected chi connectivity index (χ2v) is 4.22. The average Bonchev–Trinajstić information content (AvgIpc) is 2.11. The van der Waals surface area contributed by atoms with E-state index in [0.29, 0.717) is 0 Å². The van der Waals surface area contributed by atoms with Crippen LogP contribution in [0.5, 0.6) is 0 Å². The molecule has 4 N–H and O–H groups in total. The fourth-order valence-corrected chi connectivity index (χ4v) is 1.04. The van der Waals surface area contributed by atoms with Gasteiger partial charge in [-0.1, -0.05) is 20.8 Å². The van der Waals surface area contributed by atoms with Crippen molar-refractivity contribution >= 4 is 11.9 Å². The summed E-state index contributed by atoms with van der Waals surface area (Å²) in [6.45, 7) is 6.89. The topological polar surface area (TPSA) is 92.4 Å². The fraction of sp³-hybridized carbons (Fsp3) is 0.800. The van der Waals surface area contributed by atoms with E-state index >= 15 is 0 Å². The summed E-state index contributed by atoms with van der Waals surface area (Å²) in [5.74, 6) is -1.86. The smallest absolute Gasteiger partial charge is 0.326 e. The Hall–Kier alpha value is -1.10. The maximum absolute atomic E-state index is 11.5. The van der Waals surface area contributed by atoms with E-state index in [-0.39, 0.29) is 23.8 Å². The van der Waals surface area contributed by atoms with Crippen LogP contribution in [0.3, 0.4) is 0 Å². The molecular formula is C10H20N2O3. The fourth-order valence-electron chi connectivity index (χ4n) is 1.04. The van der Waals surface area contributed by atoms with Crippen LogP contribution < -0.4 is 11.1 Å². The Bertz CT molecular complexity index is 239. The number of hydrogen-bond acceptors (Lipinski definition) is 3. The normalized spacial score (nSPS) is 16.9. The first-order chi connectivity index (χ1) is 6.77. The van der Waals surface area contributed by atoms with Crippen LogP contribution >= 0.6 is 0 Å². The average molecular weight is 216 g/mol. The number of carboxylic acids is 1. The Kier molecular flexibility index (Phi) is 5.28. The molecule has 0 aliphatic carbocycles. The van der Waals surface area contributed by atoms with Gasteiger partial charge in [0.05, 0.1) is 0 Å². The third kappa shape index (κ3) is 4.29. The highest BCUT2D eigenvalue weighted by atomic mass is 16.4. The molecule has 0 heterocycles. The van der Waals surface area contributed by atoms with Crippen molar-refractivity contribution in [1.29, 1.82) is 0 Å². The second kappa shape index (κ2) is 5.70. The molecule has 0 aromatic heterocycles. The molecule has 5 heteroatoms. The zero-order valence-corrected chi connectivity index (χ0v) is 9.65. The molecule has 0 aliphatic heterocycles. The Morgan fingerprint density at radius 2 is 1.67 bits per heavy atom. The summed E-state index contributed by atoms with van der Waals surface area (Å²) in [6, 6.07) is -1.13. The predicted molar refractivity (Wildman–Crippen MR) is 57.2 cm³/mol. The van der Waals surface area contributed by atoms with Crippen LogP contribution in [0.1, 0.15) is 27.7 Å². The Labute approximate surface area is 90.0 Å². The number of carbonyl (C=O) groups is 2. The first-order valence-corrected chi connectivity index (χ1v) is 5.06. The number of carboxylic acid groups (broad SMARTS) is 1. The molecule has 15 heavy (non-hydrogen) atoms. The lowest BCUT2D eigenvalue weighted by Gasteiger charge is -2.21. The molecule has 0 saturated carbocycles. The van der Waals surface area contributed by atoms with E-state index in [9.17, 15) is 9.59 Å². The van der Waals surface area contributed by atoms with Crippen molar-refractivity contribution in [1.82, 2.24) is 5.32 Å². The van der Waals surface area contributed by atoms with Gasteiger partial charge in [0.15, 0.2) is 0 Å². The summed E-state index contributed by atoms with van der Waals surface area (Å²) in [6.07, 6.45) is 0. The van der Waals surface area contributed by atoms with Crippen molar-refractivity contribution in [3.63, 3.8) is 0 Å². The number of carbonyl (C=O) groups excluding carboxylic acids is 1. The number of rotatable bonds is 5. The highest BCUT2D eigenvalue weighted by molar-refractivity contribution is 5.85.